The zero-order chi connectivity index (χ0) is 13.4. The summed E-state index contributed by atoms with van der Waals surface area (Å²) in [6.07, 6.45) is 5.48. The van der Waals surface area contributed by atoms with Gasteiger partial charge in [0.2, 0.25) is 5.91 Å². The van der Waals surface area contributed by atoms with Crippen LogP contribution in [0.5, 0.6) is 0 Å². The topological polar surface area (TPSA) is 64.4 Å². The van der Waals surface area contributed by atoms with Gasteiger partial charge in [0.15, 0.2) is 0 Å². The second kappa shape index (κ2) is 7.47. The van der Waals surface area contributed by atoms with E-state index in [1.165, 1.54) is 4.90 Å². The highest BCUT2D eigenvalue weighted by Gasteiger charge is 2.15. The van der Waals surface area contributed by atoms with Crippen molar-refractivity contribution in [1.82, 2.24) is 14.5 Å². The van der Waals surface area contributed by atoms with E-state index in [0.717, 1.165) is 0 Å². The van der Waals surface area contributed by atoms with Gasteiger partial charge in [0.1, 0.15) is 6.54 Å². The maximum Gasteiger partial charge on any atom is 0.325 e. The minimum Gasteiger partial charge on any atom is -0.465 e. The number of aromatic nitrogens is 2. The Kier molecular flexibility index (Phi) is 5.90. The van der Waals surface area contributed by atoms with Crippen LogP contribution in [0.25, 0.3) is 0 Å². The fourth-order valence-corrected chi connectivity index (χ4v) is 1.54. The van der Waals surface area contributed by atoms with Gasteiger partial charge in [-0.2, -0.15) is 0 Å². The third-order valence-electron chi connectivity index (χ3n) is 2.50. The molecule has 1 heterocycles. The largest absolute Gasteiger partial charge is 0.465 e. The average Bonchev–Trinajstić information content (AvgIpc) is 2.86. The van der Waals surface area contributed by atoms with Crippen LogP contribution in [0, 0.1) is 0 Å². The number of nitrogens with zero attached hydrogens (tertiary/aromatic N) is 3. The summed E-state index contributed by atoms with van der Waals surface area (Å²) in [6.45, 7) is 5.01. The molecule has 100 valence electrons. The molecule has 0 aliphatic carbocycles. The molecule has 1 aromatic rings. The molecule has 0 radical (unpaired) electrons. The number of imidazole rings is 1. The Hall–Kier alpha value is -1.85. The molecule has 6 nitrogen and oxygen atoms in total. The van der Waals surface area contributed by atoms with E-state index in [2.05, 4.69) is 4.98 Å². The molecular formula is C12H19N3O3. The predicted octanol–water partition coefficient (Wildman–Crippen LogP) is 0.685. The molecular weight excluding hydrogens is 234 g/mol. The Morgan fingerprint density at radius 2 is 2.17 bits per heavy atom. The summed E-state index contributed by atoms with van der Waals surface area (Å²) >= 11 is 0. The molecule has 1 aromatic heterocycles. The lowest BCUT2D eigenvalue weighted by Gasteiger charge is -2.19. The van der Waals surface area contributed by atoms with Gasteiger partial charge in [-0.25, -0.2) is 4.98 Å². The average molecular weight is 253 g/mol. The van der Waals surface area contributed by atoms with E-state index in [4.69, 9.17) is 4.74 Å². The van der Waals surface area contributed by atoms with Crippen molar-refractivity contribution in [2.45, 2.75) is 26.8 Å². The SMILES string of the molecule is CCOC(=O)CN(CC)C(=O)CCn1ccnc1. The van der Waals surface area contributed by atoms with Crippen molar-refractivity contribution < 1.29 is 14.3 Å². The molecule has 0 atom stereocenters. The van der Waals surface area contributed by atoms with Crippen LogP contribution in [0.3, 0.4) is 0 Å². The molecule has 6 heteroatoms. The number of ether oxygens (including phenoxy) is 1. The van der Waals surface area contributed by atoms with Crippen molar-refractivity contribution in [3.05, 3.63) is 18.7 Å². The lowest BCUT2D eigenvalue weighted by Crippen LogP contribution is -2.36. The monoisotopic (exact) mass is 253 g/mol. The lowest BCUT2D eigenvalue weighted by atomic mass is 10.3. The lowest BCUT2D eigenvalue weighted by molar-refractivity contribution is -0.148. The number of amides is 1. The van der Waals surface area contributed by atoms with E-state index < -0.39 is 0 Å². The number of aryl methyl sites for hydroxylation is 1. The fraction of sp³-hybridized carbons (Fsp3) is 0.583. The van der Waals surface area contributed by atoms with Gasteiger partial charge in [-0.05, 0) is 13.8 Å². The van der Waals surface area contributed by atoms with Crippen molar-refractivity contribution in [2.24, 2.45) is 0 Å². The normalized spacial score (nSPS) is 10.1. The van der Waals surface area contributed by atoms with Gasteiger partial charge in [-0.3, -0.25) is 9.59 Å². The molecule has 0 N–H and O–H groups in total. The molecule has 1 amide bonds. The van der Waals surface area contributed by atoms with E-state index in [-0.39, 0.29) is 18.4 Å². The molecule has 0 bridgehead atoms. The quantitative estimate of drug-likeness (QED) is 0.670. The van der Waals surface area contributed by atoms with Crippen molar-refractivity contribution in [1.29, 1.82) is 0 Å². The van der Waals surface area contributed by atoms with Gasteiger partial charge in [-0.1, -0.05) is 0 Å². The number of hydrogen-bond donors (Lipinski definition) is 0. The summed E-state index contributed by atoms with van der Waals surface area (Å²) in [7, 11) is 0. The summed E-state index contributed by atoms with van der Waals surface area (Å²) in [5.74, 6) is -0.422. The molecule has 0 unspecified atom stereocenters. The second-order valence-electron chi connectivity index (χ2n) is 3.76. The zero-order valence-electron chi connectivity index (χ0n) is 10.8. The molecule has 0 aliphatic rings. The van der Waals surface area contributed by atoms with Crippen molar-refractivity contribution in [3.63, 3.8) is 0 Å². The Bertz CT molecular complexity index is 376. The first-order valence-corrected chi connectivity index (χ1v) is 6.06. The molecule has 0 fully saturated rings. The first-order valence-electron chi connectivity index (χ1n) is 6.06. The number of carbonyl (C=O) groups excluding carboxylic acids is 2. The molecule has 18 heavy (non-hydrogen) atoms. The summed E-state index contributed by atoms with van der Waals surface area (Å²) in [6, 6.07) is 0. The summed E-state index contributed by atoms with van der Waals surface area (Å²) in [5.41, 5.74) is 0. The highest BCUT2D eigenvalue weighted by molar-refractivity contribution is 5.82. The maximum atomic E-state index is 11.9. The van der Waals surface area contributed by atoms with E-state index in [0.29, 0.717) is 26.1 Å². The van der Waals surface area contributed by atoms with Crippen LogP contribution in [0.1, 0.15) is 20.3 Å². The summed E-state index contributed by atoms with van der Waals surface area (Å²) in [5, 5.41) is 0. The van der Waals surface area contributed by atoms with Crippen LogP contribution in [0.2, 0.25) is 0 Å². The number of esters is 1. The number of likely N-dealkylation sites (N-methyl/N-ethyl adjacent to an activating group) is 1. The Balaban J connectivity index is 2.39. The molecule has 0 spiro atoms. The minimum atomic E-state index is -0.365. The van der Waals surface area contributed by atoms with Crippen LogP contribution in [-0.2, 0) is 20.9 Å². The zero-order valence-corrected chi connectivity index (χ0v) is 10.8. The second-order valence-corrected chi connectivity index (χ2v) is 3.76. The van der Waals surface area contributed by atoms with Gasteiger partial charge in [0.05, 0.1) is 12.9 Å². The highest BCUT2D eigenvalue weighted by Crippen LogP contribution is 1.98. The van der Waals surface area contributed by atoms with Crippen molar-refractivity contribution >= 4 is 11.9 Å². The first kappa shape index (κ1) is 14.2. The predicted molar refractivity (Wildman–Crippen MR) is 65.7 cm³/mol. The summed E-state index contributed by atoms with van der Waals surface area (Å²) < 4.78 is 6.66. The minimum absolute atomic E-state index is 0.0209. The van der Waals surface area contributed by atoms with E-state index in [1.54, 1.807) is 25.6 Å². The fourth-order valence-electron chi connectivity index (χ4n) is 1.54. The summed E-state index contributed by atoms with van der Waals surface area (Å²) in [4.78, 5) is 28.6. The molecule has 0 aromatic carbocycles. The molecule has 0 saturated carbocycles. The first-order chi connectivity index (χ1) is 8.67. The third-order valence-corrected chi connectivity index (χ3v) is 2.50. The molecule has 0 saturated heterocycles. The number of carbonyl (C=O) groups is 2. The van der Waals surface area contributed by atoms with Gasteiger partial charge < -0.3 is 14.2 Å². The number of rotatable bonds is 7. The van der Waals surface area contributed by atoms with Gasteiger partial charge in [-0.15, -0.1) is 0 Å². The Labute approximate surface area is 107 Å². The van der Waals surface area contributed by atoms with E-state index in [9.17, 15) is 9.59 Å². The van der Waals surface area contributed by atoms with Crippen LogP contribution in [-0.4, -0.2) is 46.0 Å². The maximum absolute atomic E-state index is 11.9. The van der Waals surface area contributed by atoms with Crippen LogP contribution < -0.4 is 0 Å². The van der Waals surface area contributed by atoms with Gasteiger partial charge in [0.25, 0.3) is 0 Å². The standard InChI is InChI=1S/C12H19N3O3/c1-3-15(9-12(17)18-4-2)11(16)5-7-14-8-6-13-10-14/h6,8,10H,3-5,7,9H2,1-2H3. The van der Waals surface area contributed by atoms with E-state index >= 15 is 0 Å². The molecule has 1 rings (SSSR count). The van der Waals surface area contributed by atoms with Crippen LogP contribution in [0.15, 0.2) is 18.7 Å². The van der Waals surface area contributed by atoms with Gasteiger partial charge in [0, 0.05) is 31.9 Å². The van der Waals surface area contributed by atoms with E-state index in [1.807, 2.05) is 11.5 Å². The van der Waals surface area contributed by atoms with Gasteiger partial charge >= 0.3 is 5.97 Å². The Morgan fingerprint density at radius 1 is 1.39 bits per heavy atom. The smallest absolute Gasteiger partial charge is 0.325 e. The highest BCUT2D eigenvalue weighted by atomic mass is 16.5. The van der Waals surface area contributed by atoms with Crippen LogP contribution >= 0.6 is 0 Å². The third kappa shape index (κ3) is 4.57. The molecule has 0 aliphatic heterocycles. The Morgan fingerprint density at radius 3 is 2.72 bits per heavy atom. The number of hydrogen-bond acceptors (Lipinski definition) is 4. The van der Waals surface area contributed by atoms with Crippen molar-refractivity contribution in [3.8, 4) is 0 Å². The van der Waals surface area contributed by atoms with Crippen molar-refractivity contribution in [2.75, 3.05) is 19.7 Å². The van der Waals surface area contributed by atoms with Crippen LogP contribution in [0.4, 0.5) is 0 Å².